The summed E-state index contributed by atoms with van der Waals surface area (Å²) in [5.41, 5.74) is 6.10. The molecule has 1 unspecified atom stereocenters. The Bertz CT molecular complexity index is 586. The average molecular weight is 274 g/mol. The van der Waals surface area contributed by atoms with Crippen molar-refractivity contribution in [2.75, 3.05) is 7.11 Å². The van der Waals surface area contributed by atoms with Crippen molar-refractivity contribution in [3.05, 3.63) is 65.0 Å². The first kappa shape index (κ1) is 14.5. The van der Waals surface area contributed by atoms with E-state index in [9.17, 15) is 4.39 Å². The van der Waals surface area contributed by atoms with Crippen LogP contribution < -0.4 is 16.0 Å². The van der Waals surface area contributed by atoms with Gasteiger partial charge in [-0.15, -0.1) is 0 Å². The molecule has 0 saturated carbocycles. The molecule has 2 aromatic rings. The summed E-state index contributed by atoms with van der Waals surface area (Å²) < 4.78 is 18.5. The summed E-state index contributed by atoms with van der Waals surface area (Å²) in [6.07, 6.45) is 0.734. The van der Waals surface area contributed by atoms with Crippen molar-refractivity contribution in [2.24, 2.45) is 5.84 Å². The Balaban J connectivity index is 2.26. The molecule has 0 aromatic heterocycles. The highest BCUT2D eigenvalue weighted by atomic mass is 19.1. The predicted molar refractivity (Wildman–Crippen MR) is 77.9 cm³/mol. The molecule has 1 atom stereocenters. The van der Waals surface area contributed by atoms with Crippen LogP contribution in [0.5, 0.6) is 5.75 Å². The number of hydrogen-bond donors (Lipinski definition) is 2. The molecule has 3 nitrogen and oxygen atoms in total. The summed E-state index contributed by atoms with van der Waals surface area (Å²) in [4.78, 5) is 0. The van der Waals surface area contributed by atoms with Gasteiger partial charge in [0.2, 0.25) is 0 Å². The van der Waals surface area contributed by atoms with Gasteiger partial charge >= 0.3 is 0 Å². The molecule has 0 radical (unpaired) electrons. The van der Waals surface area contributed by atoms with Crippen LogP contribution in [0.4, 0.5) is 4.39 Å². The minimum Gasteiger partial charge on any atom is -0.494 e. The number of halogens is 1. The molecule has 0 aliphatic carbocycles. The second-order valence-electron chi connectivity index (χ2n) is 4.74. The van der Waals surface area contributed by atoms with Crippen molar-refractivity contribution in [1.82, 2.24) is 5.43 Å². The maximum atomic E-state index is 13.5. The van der Waals surface area contributed by atoms with Crippen LogP contribution in [-0.4, -0.2) is 7.11 Å². The van der Waals surface area contributed by atoms with E-state index < -0.39 is 0 Å². The molecule has 2 aromatic carbocycles. The normalized spacial score (nSPS) is 12.2. The number of nitrogens with two attached hydrogens (primary N) is 1. The molecule has 106 valence electrons. The third-order valence-electron chi connectivity index (χ3n) is 3.46. The SMILES string of the molecule is COc1cc(C(Cc2ccccc2C)NN)ccc1F. The van der Waals surface area contributed by atoms with Crippen molar-refractivity contribution in [1.29, 1.82) is 0 Å². The summed E-state index contributed by atoms with van der Waals surface area (Å²) in [5.74, 6) is 5.50. The lowest BCUT2D eigenvalue weighted by atomic mass is 9.96. The third kappa shape index (κ3) is 3.15. The Morgan fingerprint density at radius 2 is 2.00 bits per heavy atom. The van der Waals surface area contributed by atoms with Crippen molar-refractivity contribution in [3.8, 4) is 5.75 Å². The number of hydrazine groups is 1. The second kappa shape index (κ2) is 6.50. The van der Waals surface area contributed by atoms with E-state index in [1.54, 1.807) is 12.1 Å². The lowest BCUT2D eigenvalue weighted by Crippen LogP contribution is -2.29. The summed E-state index contributed by atoms with van der Waals surface area (Å²) in [5, 5.41) is 0. The highest BCUT2D eigenvalue weighted by Crippen LogP contribution is 2.25. The maximum absolute atomic E-state index is 13.5. The number of benzene rings is 2. The van der Waals surface area contributed by atoms with Gasteiger partial charge in [-0.1, -0.05) is 30.3 Å². The third-order valence-corrected chi connectivity index (χ3v) is 3.46. The first-order valence-electron chi connectivity index (χ1n) is 6.49. The Kier molecular flexibility index (Phi) is 4.71. The topological polar surface area (TPSA) is 47.3 Å². The molecule has 0 aliphatic rings. The minimum absolute atomic E-state index is 0.0920. The standard InChI is InChI=1S/C16H19FN2O/c1-11-5-3-4-6-12(11)9-15(19-18)13-7-8-14(17)16(10-13)20-2/h3-8,10,15,19H,9,18H2,1-2H3. The van der Waals surface area contributed by atoms with Gasteiger partial charge in [-0.05, 0) is 42.2 Å². The van der Waals surface area contributed by atoms with Crippen molar-refractivity contribution in [2.45, 2.75) is 19.4 Å². The molecule has 0 heterocycles. The molecule has 3 N–H and O–H groups in total. The van der Waals surface area contributed by atoms with E-state index in [1.165, 1.54) is 24.3 Å². The van der Waals surface area contributed by atoms with Gasteiger partial charge in [0.05, 0.1) is 13.2 Å². The summed E-state index contributed by atoms with van der Waals surface area (Å²) >= 11 is 0. The molecule has 0 fully saturated rings. The van der Waals surface area contributed by atoms with Crippen molar-refractivity contribution >= 4 is 0 Å². The van der Waals surface area contributed by atoms with E-state index in [0.717, 1.165) is 12.0 Å². The fourth-order valence-electron chi connectivity index (χ4n) is 2.23. The second-order valence-corrected chi connectivity index (χ2v) is 4.74. The molecule has 0 saturated heterocycles. The lowest BCUT2D eigenvalue weighted by Gasteiger charge is -2.18. The van der Waals surface area contributed by atoms with E-state index >= 15 is 0 Å². The average Bonchev–Trinajstić information content (AvgIpc) is 2.47. The molecule has 20 heavy (non-hydrogen) atoms. The number of ether oxygens (including phenoxy) is 1. The highest BCUT2D eigenvalue weighted by molar-refractivity contribution is 5.34. The van der Waals surface area contributed by atoms with Gasteiger partial charge in [0.1, 0.15) is 0 Å². The number of methoxy groups -OCH3 is 1. The van der Waals surface area contributed by atoms with Crippen LogP contribution in [0.3, 0.4) is 0 Å². The molecule has 0 bridgehead atoms. The van der Waals surface area contributed by atoms with Crippen LogP contribution in [-0.2, 0) is 6.42 Å². The van der Waals surface area contributed by atoms with Gasteiger partial charge in [0.25, 0.3) is 0 Å². The molecule has 0 amide bonds. The predicted octanol–water partition coefficient (Wildman–Crippen LogP) is 2.89. The number of nitrogens with one attached hydrogen (secondary N) is 1. The Morgan fingerprint density at radius 1 is 1.25 bits per heavy atom. The van der Waals surface area contributed by atoms with Crippen LogP contribution in [0.1, 0.15) is 22.7 Å². The Labute approximate surface area is 118 Å². The fourth-order valence-corrected chi connectivity index (χ4v) is 2.23. The minimum atomic E-state index is -0.372. The van der Waals surface area contributed by atoms with Crippen LogP contribution in [0.2, 0.25) is 0 Å². The zero-order valence-corrected chi connectivity index (χ0v) is 11.7. The molecule has 0 spiro atoms. The zero-order valence-electron chi connectivity index (χ0n) is 11.7. The molecule has 4 heteroatoms. The van der Waals surface area contributed by atoms with E-state index in [1.807, 2.05) is 12.1 Å². The summed E-state index contributed by atoms with van der Waals surface area (Å²) in [6, 6.07) is 12.8. The van der Waals surface area contributed by atoms with Gasteiger partial charge < -0.3 is 4.74 Å². The van der Waals surface area contributed by atoms with Gasteiger partial charge in [0, 0.05) is 0 Å². The molecular weight excluding hydrogens is 255 g/mol. The summed E-state index contributed by atoms with van der Waals surface area (Å²) in [7, 11) is 1.45. The Hall–Kier alpha value is -1.91. The van der Waals surface area contributed by atoms with Crippen molar-refractivity contribution in [3.63, 3.8) is 0 Å². The van der Waals surface area contributed by atoms with E-state index in [2.05, 4.69) is 24.5 Å². The van der Waals surface area contributed by atoms with E-state index in [4.69, 9.17) is 10.6 Å². The quantitative estimate of drug-likeness (QED) is 0.651. The van der Waals surface area contributed by atoms with Crippen LogP contribution >= 0.6 is 0 Å². The monoisotopic (exact) mass is 274 g/mol. The van der Waals surface area contributed by atoms with E-state index in [0.29, 0.717) is 0 Å². The van der Waals surface area contributed by atoms with Gasteiger partial charge in [0.15, 0.2) is 11.6 Å². The van der Waals surface area contributed by atoms with Gasteiger partial charge in [-0.25, -0.2) is 4.39 Å². The van der Waals surface area contributed by atoms with Gasteiger partial charge in [-0.2, -0.15) is 0 Å². The smallest absolute Gasteiger partial charge is 0.165 e. The molecular formula is C16H19FN2O. The fraction of sp³-hybridized carbons (Fsp3) is 0.250. The van der Waals surface area contributed by atoms with E-state index in [-0.39, 0.29) is 17.6 Å². The zero-order chi connectivity index (χ0) is 14.5. The van der Waals surface area contributed by atoms with Crippen LogP contribution in [0.15, 0.2) is 42.5 Å². The highest BCUT2D eigenvalue weighted by Gasteiger charge is 2.14. The maximum Gasteiger partial charge on any atom is 0.165 e. The number of rotatable bonds is 5. The van der Waals surface area contributed by atoms with Crippen molar-refractivity contribution < 1.29 is 9.13 Å². The first-order chi connectivity index (χ1) is 9.65. The molecule has 0 aliphatic heterocycles. The summed E-state index contributed by atoms with van der Waals surface area (Å²) in [6.45, 7) is 2.06. The first-order valence-corrected chi connectivity index (χ1v) is 6.49. The van der Waals surface area contributed by atoms with Crippen LogP contribution in [0.25, 0.3) is 0 Å². The number of aryl methyl sites for hydroxylation is 1. The largest absolute Gasteiger partial charge is 0.494 e. The van der Waals surface area contributed by atoms with Crippen LogP contribution in [0, 0.1) is 12.7 Å². The van der Waals surface area contributed by atoms with Gasteiger partial charge in [-0.3, -0.25) is 11.3 Å². The molecule has 2 rings (SSSR count). The Morgan fingerprint density at radius 3 is 2.65 bits per heavy atom. The lowest BCUT2D eigenvalue weighted by molar-refractivity contribution is 0.384. The number of hydrogen-bond acceptors (Lipinski definition) is 3.